The van der Waals surface area contributed by atoms with Crippen LogP contribution in [0.15, 0.2) is 53.0 Å². The fraction of sp³-hybridized carbons (Fsp3) is 0.200. The Morgan fingerprint density at radius 3 is 2.50 bits per heavy atom. The van der Waals surface area contributed by atoms with Crippen LogP contribution in [-0.4, -0.2) is 22.4 Å². The van der Waals surface area contributed by atoms with E-state index in [1.807, 2.05) is 37.3 Å². The smallest absolute Gasteiger partial charge is 0.254 e. The molecule has 0 aliphatic carbocycles. The number of carbonyl (C=O) groups is 1. The Kier molecular flexibility index (Phi) is 6.61. The van der Waals surface area contributed by atoms with Gasteiger partial charge in [-0.25, -0.2) is 4.98 Å². The van der Waals surface area contributed by atoms with Crippen molar-refractivity contribution in [1.29, 1.82) is 0 Å². The summed E-state index contributed by atoms with van der Waals surface area (Å²) in [6.45, 7) is 6.33. The number of carbonyl (C=O) groups excluding carboxylic acids is 1. The topological polar surface area (TPSA) is 57.8 Å². The molecule has 32 heavy (non-hydrogen) atoms. The van der Waals surface area contributed by atoms with E-state index in [9.17, 15) is 4.79 Å². The third-order valence-corrected chi connectivity index (χ3v) is 7.33. The van der Waals surface area contributed by atoms with E-state index in [0.717, 1.165) is 32.5 Å². The summed E-state index contributed by atoms with van der Waals surface area (Å²) in [5, 5.41) is 3.65. The highest BCUT2D eigenvalue weighted by Crippen LogP contribution is 2.34. The average molecular weight is 531 g/mol. The van der Waals surface area contributed by atoms with Crippen LogP contribution in [0.4, 0.5) is 0 Å². The standard InChI is InChI=1S/C25H22BrCl2N3O/c1-13-9-20-21(10-14(13)2)31-24(30-20)17(16-7-5-4-6-8-16)12-29-25(32)22-19(27)11-18(26)15(3)23(22)28/h4-11,17H,12H2,1-3H3,(H,29,32)(H,30,31). The number of nitrogens with one attached hydrogen (secondary N) is 2. The summed E-state index contributed by atoms with van der Waals surface area (Å²) >= 11 is 16.2. The molecule has 1 atom stereocenters. The van der Waals surface area contributed by atoms with Crippen molar-refractivity contribution in [3.05, 3.63) is 96.7 Å². The Hall–Kier alpha value is -2.34. The van der Waals surface area contributed by atoms with Gasteiger partial charge >= 0.3 is 0 Å². The number of hydrogen-bond donors (Lipinski definition) is 2. The van der Waals surface area contributed by atoms with E-state index < -0.39 is 0 Å². The van der Waals surface area contributed by atoms with Gasteiger partial charge in [-0.2, -0.15) is 0 Å². The lowest BCUT2D eigenvalue weighted by Gasteiger charge is -2.17. The van der Waals surface area contributed by atoms with Gasteiger partial charge in [-0.3, -0.25) is 4.79 Å². The molecular weight excluding hydrogens is 509 g/mol. The number of fused-ring (bicyclic) bond motifs is 1. The first kappa shape index (κ1) is 22.8. The summed E-state index contributed by atoms with van der Waals surface area (Å²) in [6, 6.07) is 15.9. The molecule has 4 rings (SSSR count). The maximum atomic E-state index is 13.1. The van der Waals surface area contributed by atoms with Crippen LogP contribution in [-0.2, 0) is 0 Å². The van der Waals surface area contributed by atoms with E-state index in [1.165, 1.54) is 11.1 Å². The summed E-state index contributed by atoms with van der Waals surface area (Å²) in [4.78, 5) is 21.3. The van der Waals surface area contributed by atoms with E-state index in [2.05, 4.69) is 52.2 Å². The number of nitrogens with zero attached hydrogens (tertiary/aromatic N) is 1. The van der Waals surface area contributed by atoms with Gasteiger partial charge in [0.05, 0.1) is 32.6 Å². The molecular formula is C25H22BrCl2N3O. The molecule has 0 radical (unpaired) electrons. The van der Waals surface area contributed by atoms with Crippen LogP contribution in [0.1, 0.15) is 44.4 Å². The minimum atomic E-state index is -0.320. The molecule has 1 amide bonds. The number of halogens is 3. The van der Waals surface area contributed by atoms with Crippen molar-refractivity contribution in [2.45, 2.75) is 26.7 Å². The summed E-state index contributed by atoms with van der Waals surface area (Å²) in [5.74, 6) is 0.308. The molecule has 1 unspecified atom stereocenters. The molecule has 7 heteroatoms. The lowest BCUT2D eigenvalue weighted by molar-refractivity contribution is 0.0952. The second-order valence-corrected chi connectivity index (χ2v) is 9.54. The minimum Gasteiger partial charge on any atom is -0.351 e. The summed E-state index contributed by atoms with van der Waals surface area (Å²) in [6.07, 6.45) is 0. The Morgan fingerprint density at radius 1 is 1.09 bits per heavy atom. The zero-order chi connectivity index (χ0) is 23.0. The van der Waals surface area contributed by atoms with E-state index >= 15 is 0 Å². The maximum Gasteiger partial charge on any atom is 0.254 e. The molecule has 0 bridgehead atoms. The van der Waals surface area contributed by atoms with Crippen molar-refractivity contribution < 1.29 is 4.79 Å². The second kappa shape index (κ2) is 9.26. The minimum absolute atomic E-state index is 0.165. The van der Waals surface area contributed by atoms with Gasteiger partial charge in [-0.05, 0) is 61.2 Å². The van der Waals surface area contributed by atoms with Gasteiger partial charge in [0.1, 0.15) is 5.82 Å². The number of hydrogen-bond acceptors (Lipinski definition) is 2. The number of rotatable bonds is 5. The summed E-state index contributed by atoms with van der Waals surface area (Å²) in [5.41, 5.74) is 6.36. The van der Waals surface area contributed by atoms with Crippen LogP contribution in [0, 0.1) is 20.8 Å². The predicted molar refractivity (Wildman–Crippen MR) is 135 cm³/mol. The molecule has 164 valence electrons. The van der Waals surface area contributed by atoms with Crippen molar-refractivity contribution in [1.82, 2.24) is 15.3 Å². The van der Waals surface area contributed by atoms with Crippen molar-refractivity contribution in [3.63, 3.8) is 0 Å². The van der Waals surface area contributed by atoms with E-state index in [0.29, 0.717) is 16.6 Å². The largest absolute Gasteiger partial charge is 0.351 e. The van der Waals surface area contributed by atoms with Gasteiger partial charge in [-0.15, -0.1) is 0 Å². The zero-order valence-electron chi connectivity index (χ0n) is 17.9. The zero-order valence-corrected chi connectivity index (χ0v) is 21.0. The second-order valence-electron chi connectivity index (χ2n) is 7.90. The van der Waals surface area contributed by atoms with Gasteiger partial charge in [0.15, 0.2) is 0 Å². The Labute approximate surface area is 205 Å². The van der Waals surface area contributed by atoms with Crippen LogP contribution in [0.3, 0.4) is 0 Å². The number of amides is 1. The molecule has 4 aromatic rings. The van der Waals surface area contributed by atoms with Crippen LogP contribution in [0.5, 0.6) is 0 Å². The highest BCUT2D eigenvalue weighted by Gasteiger charge is 2.23. The Bertz CT molecular complexity index is 1280. The number of aromatic amines is 1. The van der Waals surface area contributed by atoms with Crippen LogP contribution >= 0.6 is 39.1 Å². The third kappa shape index (κ3) is 4.42. The molecule has 0 fully saturated rings. The monoisotopic (exact) mass is 529 g/mol. The SMILES string of the molecule is Cc1cc2nc(C(CNC(=O)c3c(Cl)cc(Br)c(C)c3Cl)c3ccccc3)[nH]c2cc1C. The molecule has 4 nitrogen and oxygen atoms in total. The summed E-state index contributed by atoms with van der Waals surface area (Å²) in [7, 11) is 0. The van der Waals surface area contributed by atoms with Gasteiger partial charge in [0, 0.05) is 11.0 Å². The molecule has 0 aliphatic heterocycles. The fourth-order valence-electron chi connectivity index (χ4n) is 3.69. The van der Waals surface area contributed by atoms with Crippen molar-refractivity contribution in [2.75, 3.05) is 6.54 Å². The normalized spacial score (nSPS) is 12.2. The molecule has 1 heterocycles. The van der Waals surface area contributed by atoms with E-state index in [-0.39, 0.29) is 17.4 Å². The van der Waals surface area contributed by atoms with Crippen LogP contribution in [0.2, 0.25) is 10.0 Å². The molecule has 0 saturated carbocycles. The van der Waals surface area contributed by atoms with E-state index in [1.54, 1.807) is 6.07 Å². The van der Waals surface area contributed by atoms with Crippen molar-refractivity contribution in [2.24, 2.45) is 0 Å². The first-order valence-corrected chi connectivity index (χ1v) is 11.7. The average Bonchev–Trinajstić information content (AvgIpc) is 3.15. The lowest BCUT2D eigenvalue weighted by atomic mass is 9.98. The van der Waals surface area contributed by atoms with Gasteiger partial charge in [0.2, 0.25) is 0 Å². The Balaban J connectivity index is 1.68. The van der Waals surface area contributed by atoms with Crippen LogP contribution in [0.25, 0.3) is 11.0 Å². The van der Waals surface area contributed by atoms with E-state index in [4.69, 9.17) is 28.2 Å². The molecule has 1 aromatic heterocycles. The number of H-pyrrole nitrogens is 1. The van der Waals surface area contributed by atoms with Gasteiger partial charge < -0.3 is 10.3 Å². The van der Waals surface area contributed by atoms with Crippen molar-refractivity contribution >= 4 is 56.1 Å². The highest BCUT2D eigenvalue weighted by molar-refractivity contribution is 9.10. The number of aryl methyl sites for hydroxylation is 2. The van der Waals surface area contributed by atoms with Gasteiger partial charge in [-0.1, -0.05) is 69.5 Å². The number of aromatic nitrogens is 2. The quantitative estimate of drug-likeness (QED) is 0.288. The fourth-order valence-corrected chi connectivity index (χ4v) is 4.99. The highest BCUT2D eigenvalue weighted by atomic mass is 79.9. The third-order valence-electron chi connectivity index (χ3n) is 5.74. The lowest BCUT2D eigenvalue weighted by Crippen LogP contribution is -2.30. The maximum absolute atomic E-state index is 13.1. The number of imidazole rings is 1. The molecule has 2 N–H and O–H groups in total. The van der Waals surface area contributed by atoms with Crippen LogP contribution < -0.4 is 5.32 Å². The number of benzene rings is 3. The summed E-state index contributed by atoms with van der Waals surface area (Å²) < 4.78 is 0.763. The molecule has 0 saturated heterocycles. The van der Waals surface area contributed by atoms with Gasteiger partial charge in [0.25, 0.3) is 5.91 Å². The molecule has 0 aliphatic rings. The molecule has 0 spiro atoms. The predicted octanol–water partition coefficient (Wildman–Crippen LogP) is 7.12. The first-order chi connectivity index (χ1) is 15.3. The van der Waals surface area contributed by atoms with Crippen molar-refractivity contribution in [3.8, 4) is 0 Å². The molecule has 3 aromatic carbocycles. The first-order valence-electron chi connectivity index (χ1n) is 10.2. The Morgan fingerprint density at radius 2 is 1.78 bits per heavy atom.